The molecule has 1 unspecified atom stereocenters. The lowest BCUT2D eigenvalue weighted by Crippen LogP contribution is -2.39. The van der Waals surface area contributed by atoms with Crippen molar-refractivity contribution in [2.75, 3.05) is 26.6 Å². The molecule has 1 N–H and O–H groups in total. The summed E-state index contributed by atoms with van der Waals surface area (Å²) in [6, 6.07) is 11.7. The average Bonchev–Trinajstić information content (AvgIpc) is 2.68. The van der Waals surface area contributed by atoms with Crippen LogP contribution in [0, 0.1) is 6.92 Å². The van der Waals surface area contributed by atoms with Crippen LogP contribution in [0.1, 0.15) is 43.4 Å². The second kappa shape index (κ2) is 9.60. The zero-order valence-corrected chi connectivity index (χ0v) is 18.0. The maximum atomic E-state index is 12.7. The lowest BCUT2D eigenvalue weighted by molar-refractivity contribution is -0.120. The van der Waals surface area contributed by atoms with Crippen LogP contribution in [-0.2, 0) is 11.3 Å². The molecule has 5 heteroatoms. The number of carbonyl (C=O) groups is 1. The molecular formula is C23H32N2O3. The molecule has 0 aliphatic heterocycles. The Morgan fingerprint density at radius 2 is 1.61 bits per heavy atom. The highest BCUT2D eigenvalue weighted by Crippen LogP contribution is 2.31. The van der Waals surface area contributed by atoms with E-state index in [1.807, 2.05) is 50.1 Å². The first kappa shape index (κ1) is 21.8. The van der Waals surface area contributed by atoms with Crippen LogP contribution in [0.4, 0.5) is 5.69 Å². The smallest absolute Gasteiger partial charge is 0.241 e. The highest BCUT2D eigenvalue weighted by Gasteiger charge is 2.20. The third-order valence-electron chi connectivity index (χ3n) is 5.15. The normalized spacial score (nSPS) is 12.2. The number of carbonyl (C=O) groups excluding carboxylic acids is 1. The van der Waals surface area contributed by atoms with Gasteiger partial charge in [-0.05, 0) is 67.8 Å². The van der Waals surface area contributed by atoms with E-state index in [4.69, 9.17) is 9.47 Å². The number of methoxy groups -OCH3 is 2. The molecule has 0 saturated heterocycles. The number of anilines is 1. The van der Waals surface area contributed by atoms with Crippen molar-refractivity contribution in [3.8, 4) is 11.5 Å². The molecule has 0 radical (unpaired) electrons. The van der Waals surface area contributed by atoms with Gasteiger partial charge in [0.15, 0.2) is 11.5 Å². The van der Waals surface area contributed by atoms with E-state index in [1.54, 1.807) is 14.2 Å². The quantitative estimate of drug-likeness (QED) is 0.723. The number of nitrogens with zero attached hydrogens (tertiary/aromatic N) is 1. The van der Waals surface area contributed by atoms with Crippen molar-refractivity contribution >= 4 is 11.6 Å². The summed E-state index contributed by atoms with van der Waals surface area (Å²) >= 11 is 0. The zero-order chi connectivity index (χ0) is 20.8. The van der Waals surface area contributed by atoms with Crippen molar-refractivity contribution in [3.63, 3.8) is 0 Å². The molecule has 0 aliphatic rings. The number of amides is 1. The van der Waals surface area contributed by atoms with Crippen LogP contribution in [0.5, 0.6) is 11.5 Å². The van der Waals surface area contributed by atoms with E-state index in [1.165, 1.54) is 5.56 Å². The summed E-state index contributed by atoms with van der Waals surface area (Å²) in [6.07, 6.45) is 0. The minimum Gasteiger partial charge on any atom is -0.493 e. The van der Waals surface area contributed by atoms with Gasteiger partial charge in [-0.2, -0.15) is 0 Å². The average molecular weight is 385 g/mol. The summed E-state index contributed by atoms with van der Waals surface area (Å²) in [6.45, 7) is 8.88. The van der Waals surface area contributed by atoms with Crippen LogP contribution in [0.25, 0.3) is 0 Å². The molecule has 28 heavy (non-hydrogen) atoms. The summed E-state index contributed by atoms with van der Waals surface area (Å²) in [7, 11) is 5.20. The Morgan fingerprint density at radius 1 is 1.04 bits per heavy atom. The zero-order valence-electron chi connectivity index (χ0n) is 18.0. The van der Waals surface area contributed by atoms with Crippen molar-refractivity contribution in [1.29, 1.82) is 0 Å². The van der Waals surface area contributed by atoms with Gasteiger partial charge >= 0.3 is 0 Å². The van der Waals surface area contributed by atoms with Gasteiger partial charge in [0.2, 0.25) is 5.91 Å². The Morgan fingerprint density at radius 3 is 2.14 bits per heavy atom. The van der Waals surface area contributed by atoms with E-state index in [-0.39, 0.29) is 11.9 Å². The van der Waals surface area contributed by atoms with E-state index in [0.717, 1.165) is 16.8 Å². The van der Waals surface area contributed by atoms with Crippen molar-refractivity contribution in [2.45, 2.75) is 46.2 Å². The minimum absolute atomic E-state index is 0.0297. The largest absolute Gasteiger partial charge is 0.493 e. The van der Waals surface area contributed by atoms with E-state index in [2.05, 4.69) is 31.3 Å². The molecule has 0 heterocycles. The Labute approximate surface area is 168 Å². The number of benzene rings is 2. The molecule has 0 fully saturated rings. The Hall–Kier alpha value is -2.53. The molecule has 0 aromatic heterocycles. The fraction of sp³-hybridized carbons (Fsp3) is 0.435. The molecule has 2 rings (SSSR count). The fourth-order valence-electron chi connectivity index (χ4n) is 3.00. The summed E-state index contributed by atoms with van der Waals surface area (Å²) in [5.74, 6) is 1.85. The van der Waals surface area contributed by atoms with E-state index in [9.17, 15) is 4.79 Å². The van der Waals surface area contributed by atoms with Gasteiger partial charge in [0.1, 0.15) is 0 Å². The number of likely N-dealkylation sites (N-methyl/N-ethyl adjacent to an activating group) is 1. The number of nitrogens with one attached hydrogen (secondary N) is 1. The van der Waals surface area contributed by atoms with Gasteiger partial charge in [0, 0.05) is 12.2 Å². The van der Waals surface area contributed by atoms with Crippen molar-refractivity contribution in [2.24, 2.45) is 0 Å². The van der Waals surface area contributed by atoms with E-state index in [0.29, 0.717) is 24.0 Å². The molecule has 1 amide bonds. The molecule has 0 saturated carbocycles. The predicted molar refractivity (Wildman–Crippen MR) is 114 cm³/mol. The molecule has 0 aliphatic carbocycles. The number of hydrogen-bond donors (Lipinski definition) is 1. The lowest BCUT2D eigenvalue weighted by atomic mass is 10.0. The fourth-order valence-corrected chi connectivity index (χ4v) is 3.00. The first-order chi connectivity index (χ1) is 13.3. The van der Waals surface area contributed by atoms with Crippen LogP contribution >= 0.6 is 0 Å². The third-order valence-corrected chi connectivity index (χ3v) is 5.15. The van der Waals surface area contributed by atoms with Crippen LogP contribution in [-0.4, -0.2) is 38.1 Å². The summed E-state index contributed by atoms with van der Waals surface area (Å²) in [5, 5.41) is 3.00. The number of ether oxygens (including phenoxy) is 2. The van der Waals surface area contributed by atoms with Gasteiger partial charge in [-0.15, -0.1) is 0 Å². The number of aryl methyl sites for hydroxylation is 1. The second-order valence-electron chi connectivity index (χ2n) is 7.49. The van der Waals surface area contributed by atoms with Crippen LogP contribution in [0.3, 0.4) is 0 Å². The summed E-state index contributed by atoms with van der Waals surface area (Å²) < 4.78 is 10.8. The topological polar surface area (TPSA) is 50.8 Å². The highest BCUT2D eigenvalue weighted by atomic mass is 16.5. The van der Waals surface area contributed by atoms with Gasteiger partial charge in [-0.1, -0.05) is 26.0 Å². The highest BCUT2D eigenvalue weighted by molar-refractivity contribution is 5.94. The van der Waals surface area contributed by atoms with Gasteiger partial charge in [0.05, 0.1) is 20.3 Å². The van der Waals surface area contributed by atoms with Crippen LogP contribution < -0.4 is 14.8 Å². The SMILES string of the molecule is COc1cc(C)c(CN(C)C(C)C(=O)Nc2ccc(C(C)C)cc2)cc1OC. The molecule has 1 atom stereocenters. The molecule has 5 nitrogen and oxygen atoms in total. The van der Waals surface area contributed by atoms with Gasteiger partial charge in [-0.3, -0.25) is 9.69 Å². The first-order valence-electron chi connectivity index (χ1n) is 9.59. The van der Waals surface area contributed by atoms with Crippen molar-refractivity contribution in [1.82, 2.24) is 4.90 Å². The van der Waals surface area contributed by atoms with Gasteiger partial charge in [0.25, 0.3) is 0 Å². The maximum Gasteiger partial charge on any atom is 0.241 e. The standard InChI is InChI=1S/C23H32N2O3/c1-15(2)18-8-10-20(11-9-18)24-23(26)17(4)25(5)14-19-13-22(28-7)21(27-6)12-16(19)3/h8-13,15,17H,14H2,1-7H3,(H,24,26). The predicted octanol–water partition coefficient (Wildman–Crippen LogP) is 4.59. The molecule has 0 spiro atoms. The van der Waals surface area contributed by atoms with Crippen LogP contribution in [0.15, 0.2) is 36.4 Å². The first-order valence-corrected chi connectivity index (χ1v) is 9.59. The minimum atomic E-state index is -0.280. The maximum absolute atomic E-state index is 12.7. The Kier molecular flexibility index (Phi) is 7.46. The molecular weight excluding hydrogens is 352 g/mol. The van der Waals surface area contributed by atoms with E-state index < -0.39 is 0 Å². The molecule has 2 aromatic carbocycles. The number of rotatable bonds is 8. The number of hydrogen-bond acceptors (Lipinski definition) is 4. The molecule has 2 aromatic rings. The Bertz CT molecular complexity index is 800. The molecule has 0 bridgehead atoms. The van der Waals surface area contributed by atoms with Gasteiger partial charge in [-0.25, -0.2) is 0 Å². The van der Waals surface area contributed by atoms with E-state index >= 15 is 0 Å². The lowest BCUT2D eigenvalue weighted by Gasteiger charge is -2.25. The summed E-state index contributed by atoms with van der Waals surface area (Å²) in [4.78, 5) is 14.7. The van der Waals surface area contributed by atoms with Gasteiger partial charge < -0.3 is 14.8 Å². The molecule has 152 valence electrons. The monoisotopic (exact) mass is 384 g/mol. The Balaban J connectivity index is 2.05. The summed E-state index contributed by atoms with van der Waals surface area (Å²) in [5.41, 5.74) is 4.27. The van der Waals surface area contributed by atoms with Crippen molar-refractivity contribution < 1.29 is 14.3 Å². The van der Waals surface area contributed by atoms with Crippen LogP contribution in [0.2, 0.25) is 0 Å². The third kappa shape index (κ3) is 5.26. The second-order valence-corrected chi connectivity index (χ2v) is 7.49. The van der Waals surface area contributed by atoms with Crippen molar-refractivity contribution in [3.05, 3.63) is 53.1 Å².